The predicted octanol–water partition coefficient (Wildman–Crippen LogP) is 4.68. The van der Waals surface area contributed by atoms with Gasteiger partial charge < -0.3 is 9.30 Å². The molecule has 2 aromatic carbocycles. The molecule has 1 atom stereocenters. The van der Waals surface area contributed by atoms with E-state index in [-0.39, 0.29) is 11.1 Å². The van der Waals surface area contributed by atoms with Crippen molar-refractivity contribution in [2.75, 3.05) is 13.7 Å². The molecule has 0 N–H and O–H groups in total. The Morgan fingerprint density at radius 3 is 2.83 bits per heavy atom. The number of hydrogen-bond acceptors (Lipinski definition) is 3. The monoisotopic (exact) mass is 330 g/mol. The third-order valence-electron chi connectivity index (χ3n) is 3.74. The fourth-order valence-corrected chi connectivity index (χ4v) is 3.59. The van der Waals surface area contributed by atoms with Gasteiger partial charge in [-0.2, -0.15) is 0 Å². The molecule has 3 aromatic rings. The van der Waals surface area contributed by atoms with E-state index in [1.807, 2.05) is 24.3 Å². The van der Waals surface area contributed by atoms with Gasteiger partial charge in [0, 0.05) is 18.9 Å². The van der Waals surface area contributed by atoms with Crippen molar-refractivity contribution >= 4 is 22.8 Å². The standard InChI is InChI=1S/C18H19FN2OS/c1-13(14-6-5-7-15(19)12-14)23-18-20-16-8-3-4-9-17(16)21(18)10-11-22-2/h3-9,12-13H,10-11H2,1-2H3. The van der Waals surface area contributed by atoms with Crippen molar-refractivity contribution in [3.8, 4) is 0 Å². The summed E-state index contributed by atoms with van der Waals surface area (Å²) in [5.74, 6) is -0.206. The number of hydrogen-bond donors (Lipinski definition) is 0. The van der Waals surface area contributed by atoms with Crippen LogP contribution in [0.4, 0.5) is 4.39 Å². The Bertz CT molecular complexity index is 803. The van der Waals surface area contributed by atoms with Crippen LogP contribution in [0.3, 0.4) is 0 Å². The Balaban J connectivity index is 1.92. The molecular formula is C18H19FN2OS. The van der Waals surface area contributed by atoms with Gasteiger partial charge in [-0.25, -0.2) is 9.37 Å². The topological polar surface area (TPSA) is 27.1 Å². The lowest BCUT2D eigenvalue weighted by molar-refractivity contribution is 0.186. The van der Waals surface area contributed by atoms with E-state index in [1.54, 1.807) is 31.0 Å². The van der Waals surface area contributed by atoms with Crippen molar-refractivity contribution < 1.29 is 9.13 Å². The number of benzene rings is 2. The van der Waals surface area contributed by atoms with Gasteiger partial charge in [0.25, 0.3) is 0 Å². The van der Waals surface area contributed by atoms with E-state index < -0.39 is 0 Å². The summed E-state index contributed by atoms with van der Waals surface area (Å²) in [5, 5.41) is 1.05. The lowest BCUT2D eigenvalue weighted by Gasteiger charge is -2.13. The summed E-state index contributed by atoms with van der Waals surface area (Å²) >= 11 is 1.64. The summed E-state index contributed by atoms with van der Waals surface area (Å²) in [6, 6.07) is 14.8. The Kier molecular flexibility index (Phi) is 4.98. The summed E-state index contributed by atoms with van der Waals surface area (Å²) in [6.07, 6.45) is 0. The molecule has 3 nitrogen and oxygen atoms in total. The van der Waals surface area contributed by atoms with E-state index in [2.05, 4.69) is 17.6 Å². The maximum absolute atomic E-state index is 13.4. The van der Waals surface area contributed by atoms with Crippen LogP contribution in [-0.2, 0) is 11.3 Å². The second-order valence-corrected chi connectivity index (χ2v) is 6.65. The van der Waals surface area contributed by atoms with Crippen molar-refractivity contribution in [3.63, 3.8) is 0 Å². The van der Waals surface area contributed by atoms with E-state index in [4.69, 9.17) is 9.72 Å². The molecule has 0 amide bonds. The van der Waals surface area contributed by atoms with Crippen molar-refractivity contribution in [2.24, 2.45) is 0 Å². The van der Waals surface area contributed by atoms with Gasteiger partial charge in [-0.1, -0.05) is 36.0 Å². The van der Waals surface area contributed by atoms with Crippen LogP contribution >= 0.6 is 11.8 Å². The number of imidazole rings is 1. The molecule has 1 heterocycles. The first kappa shape index (κ1) is 16.0. The fraction of sp³-hybridized carbons (Fsp3) is 0.278. The van der Waals surface area contributed by atoms with Crippen LogP contribution in [0.2, 0.25) is 0 Å². The minimum absolute atomic E-state index is 0.115. The number of rotatable bonds is 6. The summed E-state index contributed by atoms with van der Waals surface area (Å²) in [4.78, 5) is 4.73. The number of para-hydroxylation sites is 2. The van der Waals surface area contributed by atoms with Gasteiger partial charge >= 0.3 is 0 Å². The molecule has 3 rings (SSSR count). The molecule has 1 unspecified atom stereocenters. The molecule has 0 saturated heterocycles. The summed E-state index contributed by atoms with van der Waals surface area (Å²) in [7, 11) is 1.70. The SMILES string of the molecule is COCCn1c(SC(C)c2cccc(F)c2)nc2ccccc21. The minimum Gasteiger partial charge on any atom is -0.383 e. The van der Waals surface area contributed by atoms with E-state index >= 15 is 0 Å². The van der Waals surface area contributed by atoms with Crippen molar-refractivity contribution in [1.82, 2.24) is 9.55 Å². The summed E-state index contributed by atoms with van der Waals surface area (Å²) in [6.45, 7) is 3.44. The Hall–Kier alpha value is -1.85. The first-order valence-corrected chi connectivity index (χ1v) is 8.43. The number of thioether (sulfide) groups is 1. The molecule has 1 aromatic heterocycles. The second-order valence-electron chi connectivity index (χ2n) is 5.34. The van der Waals surface area contributed by atoms with Crippen molar-refractivity contribution in [1.29, 1.82) is 0 Å². The number of ether oxygens (including phenoxy) is 1. The molecular weight excluding hydrogens is 311 g/mol. The van der Waals surface area contributed by atoms with Gasteiger partial charge in [-0.05, 0) is 36.8 Å². The van der Waals surface area contributed by atoms with Crippen LogP contribution < -0.4 is 0 Å². The average molecular weight is 330 g/mol. The first-order valence-electron chi connectivity index (χ1n) is 7.55. The van der Waals surface area contributed by atoms with Gasteiger partial charge in [0.05, 0.1) is 17.6 Å². The quantitative estimate of drug-likeness (QED) is 0.614. The molecule has 0 aliphatic carbocycles. The Morgan fingerprint density at radius 2 is 2.04 bits per heavy atom. The van der Waals surface area contributed by atoms with E-state index in [1.165, 1.54) is 6.07 Å². The smallest absolute Gasteiger partial charge is 0.169 e. The lowest BCUT2D eigenvalue weighted by Crippen LogP contribution is -2.06. The second kappa shape index (κ2) is 7.15. The van der Waals surface area contributed by atoms with Crippen LogP contribution in [0.1, 0.15) is 17.7 Å². The van der Waals surface area contributed by atoms with Crippen LogP contribution in [0.15, 0.2) is 53.7 Å². The maximum Gasteiger partial charge on any atom is 0.169 e. The van der Waals surface area contributed by atoms with Gasteiger partial charge in [0.15, 0.2) is 5.16 Å². The van der Waals surface area contributed by atoms with E-state index in [9.17, 15) is 4.39 Å². The molecule has 0 radical (unpaired) electrons. The minimum atomic E-state index is -0.206. The third kappa shape index (κ3) is 3.57. The van der Waals surface area contributed by atoms with Gasteiger partial charge in [-0.3, -0.25) is 0 Å². The fourth-order valence-electron chi connectivity index (χ4n) is 2.53. The highest BCUT2D eigenvalue weighted by Crippen LogP contribution is 2.36. The van der Waals surface area contributed by atoms with Crippen LogP contribution in [0, 0.1) is 5.82 Å². The zero-order valence-corrected chi connectivity index (χ0v) is 14.0. The molecule has 0 aliphatic rings. The molecule has 0 saturated carbocycles. The van der Waals surface area contributed by atoms with Gasteiger partial charge in [0.2, 0.25) is 0 Å². The summed E-state index contributed by atoms with van der Waals surface area (Å²) in [5.41, 5.74) is 3.02. The van der Waals surface area contributed by atoms with Crippen molar-refractivity contribution in [2.45, 2.75) is 23.9 Å². The van der Waals surface area contributed by atoms with Crippen molar-refractivity contribution in [3.05, 3.63) is 59.9 Å². The molecule has 0 aliphatic heterocycles. The highest BCUT2D eigenvalue weighted by molar-refractivity contribution is 7.99. The van der Waals surface area contributed by atoms with Crippen LogP contribution in [0.25, 0.3) is 11.0 Å². The highest BCUT2D eigenvalue weighted by Gasteiger charge is 2.15. The number of aromatic nitrogens is 2. The van der Waals surface area contributed by atoms with Gasteiger partial charge in [0.1, 0.15) is 5.82 Å². The normalized spacial score (nSPS) is 12.7. The van der Waals surface area contributed by atoms with Crippen LogP contribution in [0.5, 0.6) is 0 Å². The average Bonchev–Trinajstić information content (AvgIpc) is 2.90. The largest absolute Gasteiger partial charge is 0.383 e. The molecule has 0 fully saturated rings. The van der Waals surface area contributed by atoms with E-state index in [0.29, 0.717) is 6.61 Å². The van der Waals surface area contributed by atoms with Gasteiger partial charge in [-0.15, -0.1) is 0 Å². The Morgan fingerprint density at radius 1 is 1.22 bits per heavy atom. The van der Waals surface area contributed by atoms with E-state index in [0.717, 1.165) is 28.3 Å². The Labute approximate surface area is 139 Å². The molecule has 23 heavy (non-hydrogen) atoms. The zero-order valence-electron chi connectivity index (χ0n) is 13.2. The highest BCUT2D eigenvalue weighted by atomic mass is 32.2. The lowest BCUT2D eigenvalue weighted by atomic mass is 10.2. The number of nitrogens with zero attached hydrogens (tertiary/aromatic N) is 2. The zero-order chi connectivity index (χ0) is 16.2. The number of halogens is 1. The number of methoxy groups -OCH3 is 1. The molecule has 5 heteroatoms. The molecule has 0 spiro atoms. The maximum atomic E-state index is 13.4. The molecule has 120 valence electrons. The van der Waals surface area contributed by atoms with Crippen LogP contribution in [-0.4, -0.2) is 23.3 Å². The predicted molar refractivity (Wildman–Crippen MR) is 92.3 cm³/mol. The first-order chi connectivity index (χ1) is 11.2. The molecule has 0 bridgehead atoms. The third-order valence-corrected chi connectivity index (χ3v) is 4.89. The number of fused-ring (bicyclic) bond motifs is 1. The summed E-state index contributed by atoms with van der Waals surface area (Å²) < 4.78 is 20.8.